The lowest BCUT2D eigenvalue weighted by molar-refractivity contribution is 0.223. The molecule has 0 saturated heterocycles. The van der Waals surface area contributed by atoms with Gasteiger partial charge in [0.25, 0.3) is 0 Å². The Kier molecular flexibility index (Phi) is 6.96. The summed E-state index contributed by atoms with van der Waals surface area (Å²) >= 11 is 0. The van der Waals surface area contributed by atoms with Crippen LogP contribution >= 0.6 is 0 Å². The Morgan fingerprint density at radius 2 is 1.74 bits per heavy atom. The average molecular weight is 313 g/mol. The fourth-order valence-electron chi connectivity index (χ4n) is 3.86. The Morgan fingerprint density at radius 1 is 1.09 bits per heavy atom. The first-order valence-corrected chi connectivity index (χ1v) is 9.28. The second-order valence-electron chi connectivity index (χ2n) is 7.10. The molecule has 1 aliphatic rings. The number of nitrogens with zero attached hydrogens (tertiary/aromatic N) is 1. The van der Waals surface area contributed by atoms with Crippen LogP contribution in [-0.2, 0) is 0 Å². The Bertz CT molecular complexity index is 492. The van der Waals surface area contributed by atoms with Crippen molar-refractivity contribution in [1.82, 2.24) is 0 Å². The molecular formula is C21H31NO. The van der Waals surface area contributed by atoms with Crippen molar-refractivity contribution in [2.24, 2.45) is 5.41 Å². The summed E-state index contributed by atoms with van der Waals surface area (Å²) in [6.07, 6.45) is 12.0. The molecule has 1 saturated carbocycles. The summed E-state index contributed by atoms with van der Waals surface area (Å²) in [6.45, 7) is 2.25. The van der Waals surface area contributed by atoms with Crippen LogP contribution in [0, 0.1) is 16.7 Å². The van der Waals surface area contributed by atoms with Crippen molar-refractivity contribution in [3.63, 3.8) is 0 Å². The maximum atomic E-state index is 9.70. The molecule has 1 aromatic rings. The summed E-state index contributed by atoms with van der Waals surface area (Å²) < 4.78 is 5.24. The highest BCUT2D eigenvalue weighted by molar-refractivity contribution is 5.30. The predicted octanol–water partition coefficient (Wildman–Crippen LogP) is 6.22. The van der Waals surface area contributed by atoms with E-state index in [9.17, 15) is 5.26 Å². The molecule has 0 amide bonds. The van der Waals surface area contributed by atoms with Crippen molar-refractivity contribution in [3.05, 3.63) is 29.8 Å². The van der Waals surface area contributed by atoms with Crippen LogP contribution < -0.4 is 4.74 Å². The highest BCUT2D eigenvalue weighted by Crippen LogP contribution is 2.45. The number of nitriles is 1. The molecular weight excluding hydrogens is 282 g/mol. The fraction of sp³-hybridized carbons (Fsp3) is 0.667. The van der Waals surface area contributed by atoms with Crippen LogP contribution in [0.1, 0.15) is 82.6 Å². The summed E-state index contributed by atoms with van der Waals surface area (Å²) in [5, 5.41) is 9.70. The van der Waals surface area contributed by atoms with Crippen LogP contribution in [0.5, 0.6) is 5.75 Å². The van der Waals surface area contributed by atoms with Gasteiger partial charge in [-0.25, -0.2) is 0 Å². The standard InChI is InChI=1S/C21H31NO/c1-3-4-5-6-7-14-21(17-22)15-12-19(13-16-21)18-8-10-20(23-2)11-9-18/h8-11,19H,3-7,12-16H2,1-2H3/t19-,21-. The largest absolute Gasteiger partial charge is 0.497 e. The molecule has 0 aliphatic heterocycles. The SMILES string of the molecule is CCCCCCC[C@]1(C#N)CC[C@H](c2ccc(OC)cc2)CC1. The van der Waals surface area contributed by atoms with Crippen LogP contribution in [0.4, 0.5) is 0 Å². The van der Waals surface area contributed by atoms with E-state index in [0.717, 1.165) is 37.9 Å². The molecule has 0 atom stereocenters. The first-order valence-electron chi connectivity index (χ1n) is 9.28. The van der Waals surface area contributed by atoms with E-state index < -0.39 is 0 Å². The fourth-order valence-corrected chi connectivity index (χ4v) is 3.86. The number of benzene rings is 1. The van der Waals surface area contributed by atoms with Gasteiger partial charge in [-0.2, -0.15) is 5.26 Å². The first kappa shape index (κ1) is 17.9. The number of hydrogen-bond acceptors (Lipinski definition) is 2. The van der Waals surface area contributed by atoms with Gasteiger partial charge in [0.05, 0.1) is 18.6 Å². The number of hydrogen-bond donors (Lipinski definition) is 0. The Balaban J connectivity index is 1.83. The summed E-state index contributed by atoms with van der Waals surface area (Å²) in [5.41, 5.74) is 1.36. The normalized spacial score (nSPS) is 24.1. The lowest BCUT2D eigenvalue weighted by Crippen LogP contribution is -2.25. The lowest BCUT2D eigenvalue weighted by Gasteiger charge is -2.35. The average Bonchev–Trinajstić information content (AvgIpc) is 2.62. The van der Waals surface area contributed by atoms with Gasteiger partial charge in [-0.1, -0.05) is 51.2 Å². The third-order valence-corrected chi connectivity index (χ3v) is 5.53. The molecule has 2 nitrogen and oxygen atoms in total. The predicted molar refractivity (Wildman–Crippen MR) is 95.6 cm³/mol. The van der Waals surface area contributed by atoms with Crippen LogP contribution in [0.3, 0.4) is 0 Å². The van der Waals surface area contributed by atoms with E-state index in [2.05, 4.69) is 37.3 Å². The molecule has 0 N–H and O–H groups in total. The summed E-state index contributed by atoms with van der Waals surface area (Å²) in [4.78, 5) is 0. The summed E-state index contributed by atoms with van der Waals surface area (Å²) in [6, 6.07) is 11.2. The topological polar surface area (TPSA) is 33.0 Å². The third kappa shape index (κ3) is 4.99. The Labute approximate surface area is 141 Å². The Hall–Kier alpha value is -1.49. The van der Waals surface area contributed by atoms with Gasteiger partial charge in [0, 0.05) is 0 Å². The van der Waals surface area contributed by atoms with E-state index in [1.807, 2.05) is 0 Å². The number of rotatable bonds is 8. The molecule has 2 heteroatoms. The Morgan fingerprint density at radius 3 is 2.30 bits per heavy atom. The molecule has 23 heavy (non-hydrogen) atoms. The second-order valence-corrected chi connectivity index (χ2v) is 7.10. The van der Waals surface area contributed by atoms with Crippen molar-refractivity contribution in [2.45, 2.75) is 77.0 Å². The van der Waals surface area contributed by atoms with Gasteiger partial charge < -0.3 is 4.74 Å². The van der Waals surface area contributed by atoms with E-state index in [0.29, 0.717) is 5.92 Å². The van der Waals surface area contributed by atoms with Gasteiger partial charge in [0.1, 0.15) is 5.75 Å². The molecule has 0 heterocycles. The van der Waals surface area contributed by atoms with Gasteiger partial charge >= 0.3 is 0 Å². The van der Waals surface area contributed by atoms with Crippen molar-refractivity contribution >= 4 is 0 Å². The molecule has 0 radical (unpaired) electrons. The van der Waals surface area contributed by atoms with Crippen LogP contribution in [0.25, 0.3) is 0 Å². The molecule has 1 aliphatic carbocycles. The maximum absolute atomic E-state index is 9.70. The van der Waals surface area contributed by atoms with Gasteiger partial charge in [0.15, 0.2) is 0 Å². The number of ether oxygens (including phenoxy) is 1. The highest BCUT2D eigenvalue weighted by atomic mass is 16.5. The van der Waals surface area contributed by atoms with Crippen molar-refractivity contribution < 1.29 is 4.74 Å². The van der Waals surface area contributed by atoms with Gasteiger partial charge in [-0.05, 0) is 55.7 Å². The minimum atomic E-state index is -0.0464. The van der Waals surface area contributed by atoms with Crippen LogP contribution in [0.2, 0.25) is 0 Å². The third-order valence-electron chi connectivity index (χ3n) is 5.53. The van der Waals surface area contributed by atoms with Gasteiger partial charge in [0.2, 0.25) is 0 Å². The monoisotopic (exact) mass is 313 g/mol. The molecule has 1 fully saturated rings. The van der Waals surface area contributed by atoms with Crippen molar-refractivity contribution in [1.29, 1.82) is 5.26 Å². The van der Waals surface area contributed by atoms with Crippen molar-refractivity contribution in [3.8, 4) is 11.8 Å². The zero-order valence-electron chi connectivity index (χ0n) is 14.8. The molecule has 0 aromatic heterocycles. The zero-order chi connectivity index (χ0) is 16.5. The highest BCUT2D eigenvalue weighted by Gasteiger charge is 2.35. The van der Waals surface area contributed by atoms with E-state index in [1.54, 1.807) is 7.11 Å². The second kappa shape index (κ2) is 8.96. The van der Waals surface area contributed by atoms with Crippen LogP contribution in [0.15, 0.2) is 24.3 Å². The van der Waals surface area contributed by atoms with Gasteiger partial charge in [-0.3, -0.25) is 0 Å². The van der Waals surface area contributed by atoms with Crippen molar-refractivity contribution in [2.75, 3.05) is 7.11 Å². The zero-order valence-corrected chi connectivity index (χ0v) is 14.8. The number of unbranched alkanes of at least 4 members (excludes halogenated alkanes) is 4. The lowest BCUT2D eigenvalue weighted by atomic mass is 9.67. The summed E-state index contributed by atoms with van der Waals surface area (Å²) in [5.74, 6) is 1.53. The molecule has 126 valence electrons. The van der Waals surface area contributed by atoms with Crippen LogP contribution in [-0.4, -0.2) is 7.11 Å². The molecule has 0 unspecified atom stereocenters. The van der Waals surface area contributed by atoms with E-state index in [1.165, 1.54) is 37.7 Å². The van der Waals surface area contributed by atoms with E-state index >= 15 is 0 Å². The number of methoxy groups -OCH3 is 1. The quantitative estimate of drug-likeness (QED) is 0.533. The smallest absolute Gasteiger partial charge is 0.118 e. The molecule has 0 spiro atoms. The molecule has 0 bridgehead atoms. The minimum absolute atomic E-state index is 0.0464. The minimum Gasteiger partial charge on any atom is -0.497 e. The summed E-state index contributed by atoms with van der Waals surface area (Å²) in [7, 11) is 1.71. The van der Waals surface area contributed by atoms with E-state index in [-0.39, 0.29) is 5.41 Å². The van der Waals surface area contributed by atoms with Gasteiger partial charge in [-0.15, -0.1) is 0 Å². The first-order chi connectivity index (χ1) is 11.2. The maximum Gasteiger partial charge on any atom is 0.118 e. The molecule has 2 rings (SSSR count). The van der Waals surface area contributed by atoms with E-state index in [4.69, 9.17) is 4.74 Å². The molecule has 1 aromatic carbocycles.